The average molecular weight is 893 g/mol. The standard InChI is InChI=1S/C47H84N6O10/c1-13-34(6)43(39(58-11)31-40(54)53-21-17-20-38(53)44(59-12)36(8)45(55)49-35(7)30-37-18-15-14-16-19-37)52(10)47(57)41(32(2)3)50-46(56)42(33(4)5)51(9)22-23-60-24-25-61-26-27-62-28-29-63-48/h14-16,18-19,32-36,38-39,41-44H,13,17,20-31,48H2,1-12H3,(H,49,55)(H,50,56)/t34?,35?,36?,38?,39?,41-,42?,43?,44?/m0/s1. The van der Waals surface area contributed by atoms with Gasteiger partial charge in [0, 0.05) is 40.4 Å². The van der Waals surface area contributed by atoms with Crippen molar-refractivity contribution in [3.63, 3.8) is 0 Å². The number of methoxy groups -OCH3 is 2. The fourth-order valence-corrected chi connectivity index (χ4v) is 8.68. The second kappa shape index (κ2) is 30.1. The first-order valence-electron chi connectivity index (χ1n) is 23.1. The molecule has 1 aliphatic rings. The first kappa shape index (κ1) is 55.9. The van der Waals surface area contributed by atoms with Crippen molar-refractivity contribution in [2.45, 2.75) is 130 Å². The molecule has 0 saturated carbocycles. The molecule has 16 nitrogen and oxygen atoms in total. The number of rotatable bonds is 32. The molecule has 0 bridgehead atoms. The first-order valence-corrected chi connectivity index (χ1v) is 23.1. The summed E-state index contributed by atoms with van der Waals surface area (Å²) in [6.45, 7) is 19.6. The lowest BCUT2D eigenvalue weighted by Crippen LogP contribution is -2.60. The fourth-order valence-electron chi connectivity index (χ4n) is 8.68. The van der Waals surface area contributed by atoms with Crippen LogP contribution in [0.5, 0.6) is 0 Å². The molecule has 16 heteroatoms. The summed E-state index contributed by atoms with van der Waals surface area (Å²) in [6, 6.07) is 7.88. The molecule has 1 aliphatic heterocycles. The van der Waals surface area contributed by atoms with Crippen LogP contribution >= 0.6 is 0 Å². The van der Waals surface area contributed by atoms with Crippen molar-refractivity contribution in [1.82, 2.24) is 25.3 Å². The van der Waals surface area contributed by atoms with E-state index >= 15 is 0 Å². The molecule has 1 aromatic rings. The van der Waals surface area contributed by atoms with E-state index in [2.05, 4.69) is 29.3 Å². The van der Waals surface area contributed by atoms with Gasteiger partial charge in [0.1, 0.15) is 6.04 Å². The lowest BCUT2D eigenvalue weighted by Gasteiger charge is -2.41. The highest BCUT2D eigenvalue weighted by Crippen LogP contribution is 2.30. The maximum Gasteiger partial charge on any atom is 0.245 e. The van der Waals surface area contributed by atoms with Gasteiger partial charge in [-0.15, -0.1) is 0 Å². The van der Waals surface area contributed by atoms with Crippen molar-refractivity contribution >= 4 is 23.6 Å². The van der Waals surface area contributed by atoms with Crippen molar-refractivity contribution in [3.05, 3.63) is 35.9 Å². The molecule has 0 spiro atoms. The number of hydrogen-bond donors (Lipinski definition) is 3. The Labute approximate surface area is 378 Å². The molecule has 8 unspecified atom stereocenters. The summed E-state index contributed by atoms with van der Waals surface area (Å²) in [7, 11) is 6.80. The van der Waals surface area contributed by atoms with Crippen LogP contribution in [-0.4, -0.2) is 168 Å². The van der Waals surface area contributed by atoms with Gasteiger partial charge in [-0.25, -0.2) is 5.90 Å². The van der Waals surface area contributed by atoms with E-state index < -0.39 is 36.3 Å². The van der Waals surface area contributed by atoms with Crippen LogP contribution in [0.3, 0.4) is 0 Å². The number of nitrogens with zero attached hydrogens (tertiary/aromatic N) is 3. The van der Waals surface area contributed by atoms with Gasteiger partial charge in [0.15, 0.2) is 0 Å². The van der Waals surface area contributed by atoms with Crippen LogP contribution in [0.4, 0.5) is 0 Å². The van der Waals surface area contributed by atoms with Gasteiger partial charge in [0.2, 0.25) is 23.6 Å². The predicted molar refractivity (Wildman–Crippen MR) is 244 cm³/mol. The number of likely N-dealkylation sites (tertiary alicyclic amines) is 1. The number of carbonyl (C=O) groups is 4. The smallest absolute Gasteiger partial charge is 0.245 e. The summed E-state index contributed by atoms with van der Waals surface area (Å²) >= 11 is 0. The van der Waals surface area contributed by atoms with E-state index in [-0.39, 0.29) is 59.9 Å². The summed E-state index contributed by atoms with van der Waals surface area (Å²) < 4.78 is 28.7. The SMILES string of the molecule is CCC(C)C(C(CC(=O)N1CCCC1C(OC)C(C)C(=O)NC(C)Cc1ccccc1)OC)N(C)C(=O)[C@@H](NC(=O)C(C(C)C)N(C)CCOCCOCCOCCON)C(C)C. The molecule has 1 fully saturated rings. The molecule has 0 aromatic heterocycles. The van der Waals surface area contributed by atoms with Gasteiger partial charge in [0.25, 0.3) is 0 Å². The number of likely N-dealkylation sites (N-methyl/N-ethyl adjacent to an activating group) is 2. The molecule has 1 saturated heterocycles. The topological polar surface area (TPSA) is 183 Å². The number of nitrogens with one attached hydrogen (secondary N) is 2. The van der Waals surface area contributed by atoms with Crippen molar-refractivity contribution < 1.29 is 47.7 Å². The van der Waals surface area contributed by atoms with Crippen LogP contribution in [0, 0.1) is 23.7 Å². The predicted octanol–water partition coefficient (Wildman–Crippen LogP) is 3.69. The third-order valence-corrected chi connectivity index (χ3v) is 12.3. The monoisotopic (exact) mass is 893 g/mol. The van der Waals surface area contributed by atoms with E-state index in [1.807, 2.05) is 88.7 Å². The average Bonchev–Trinajstić information content (AvgIpc) is 3.74. The van der Waals surface area contributed by atoms with Gasteiger partial charge in [-0.2, -0.15) is 0 Å². The Hall–Kier alpha value is -3.22. The summed E-state index contributed by atoms with van der Waals surface area (Å²) in [6.07, 6.45) is 1.84. The van der Waals surface area contributed by atoms with E-state index in [1.54, 1.807) is 26.2 Å². The summed E-state index contributed by atoms with van der Waals surface area (Å²) in [4.78, 5) is 66.3. The van der Waals surface area contributed by atoms with Gasteiger partial charge >= 0.3 is 0 Å². The van der Waals surface area contributed by atoms with Crippen molar-refractivity contribution in [2.75, 3.05) is 87.7 Å². The Balaban J connectivity index is 2.11. The minimum atomic E-state index is -0.814. The largest absolute Gasteiger partial charge is 0.379 e. The van der Waals surface area contributed by atoms with Crippen molar-refractivity contribution in [2.24, 2.45) is 29.6 Å². The van der Waals surface area contributed by atoms with Crippen LogP contribution in [0.15, 0.2) is 30.3 Å². The minimum absolute atomic E-state index is 0.0346. The molecule has 1 heterocycles. The fraction of sp³-hybridized carbons (Fsp3) is 0.787. The summed E-state index contributed by atoms with van der Waals surface area (Å²) in [5.74, 6) is 3.46. The molecule has 0 radical (unpaired) electrons. The van der Waals surface area contributed by atoms with Crippen LogP contribution < -0.4 is 16.5 Å². The molecule has 2 rings (SSSR count). The maximum atomic E-state index is 14.5. The summed E-state index contributed by atoms with van der Waals surface area (Å²) in [5, 5.41) is 6.25. The minimum Gasteiger partial charge on any atom is -0.379 e. The molecule has 9 atom stereocenters. The molecule has 63 heavy (non-hydrogen) atoms. The molecule has 362 valence electrons. The van der Waals surface area contributed by atoms with Crippen molar-refractivity contribution in [1.29, 1.82) is 0 Å². The van der Waals surface area contributed by atoms with E-state index in [1.165, 1.54) is 0 Å². The Morgan fingerprint density at radius 2 is 1.41 bits per heavy atom. The van der Waals surface area contributed by atoms with Crippen LogP contribution in [0.1, 0.15) is 86.6 Å². The Morgan fingerprint density at radius 3 is 1.95 bits per heavy atom. The van der Waals surface area contributed by atoms with Crippen molar-refractivity contribution in [3.8, 4) is 0 Å². The highest BCUT2D eigenvalue weighted by molar-refractivity contribution is 5.90. The van der Waals surface area contributed by atoms with Gasteiger partial charge < -0.3 is 49.0 Å². The molecular formula is C47H84N6O10. The number of hydrogen-bond acceptors (Lipinski definition) is 12. The van der Waals surface area contributed by atoms with Gasteiger partial charge in [-0.3, -0.25) is 24.1 Å². The number of ether oxygens (including phenoxy) is 5. The van der Waals surface area contributed by atoms with E-state index in [0.717, 1.165) is 18.4 Å². The van der Waals surface area contributed by atoms with Crippen LogP contribution in [-0.2, 0) is 54.1 Å². The number of carbonyl (C=O) groups excluding carboxylic acids is 4. The lowest BCUT2D eigenvalue weighted by atomic mass is 9.89. The van der Waals surface area contributed by atoms with E-state index in [9.17, 15) is 19.2 Å². The Kier molecular flexibility index (Phi) is 26.7. The van der Waals surface area contributed by atoms with E-state index in [4.69, 9.17) is 29.6 Å². The number of benzene rings is 1. The third-order valence-electron chi connectivity index (χ3n) is 12.3. The normalized spacial score (nSPS) is 18.2. The first-order chi connectivity index (χ1) is 30.0. The number of amides is 4. The van der Waals surface area contributed by atoms with Crippen LogP contribution in [0.2, 0.25) is 0 Å². The third kappa shape index (κ3) is 18.3. The molecule has 4 N–H and O–H groups in total. The summed E-state index contributed by atoms with van der Waals surface area (Å²) in [5.41, 5.74) is 1.14. The Morgan fingerprint density at radius 1 is 0.810 bits per heavy atom. The van der Waals surface area contributed by atoms with Gasteiger partial charge in [-0.1, -0.05) is 85.2 Å². The van der Waals surface area contributed by atoms with Gasteiger partial charge in [-0.05, 0) is 56.6 Å². The van der Waals surface area contributed by atoms with E-state index in [0.29, 0.717) is 72.2 Å². The van der Waals surface area contributed by atoms with Crippen LogP contribution in [0.25, 0.3) is 0 Å². The second-order valence-corrected chi connectivity index (χ2v) is 17.8. The number of nitrogens with two attached hydrogens (primary N) is 1. The molecule has 1 aromatic carbocycles. The Bertz CT molecular complexity index is 1460. The highest BCUT2D eigenvalue weighted by atomic mass is 16.6. The molecule has 4 amide bonds. The zero-order valence-corrected chi connectivity index (χ0v) is 40.6. The maximum absolute atomic E-state index is 14.5. The highest BCUT2D eigenvalue weighted by Gasteiger charge is 2.43. The molecular weight excluding hydrogens is 809 g/mol. The molecule has 0 aliphatic carbocycles. The zero-order valence-electron chi connectivity index (χ0n) is 40.6. The van der Waals surface area contributed by atoms with Gasteiger partial charge in [0.05, 0.1) is 88.9 Å². The lowest BCUT2D eigenvalue weighted by molar-refractivity contribution is -0.148. The second-order valence-electron chi connectivity index (χ2n) is 17.8. The zero-order chi connectivity index (χ0) is 47.1. The quantitative estimate of drug-likeness (QED) is 0.0706.